The minimum absolute atomic E-state index is 0.0766. The van der Waals surface area contributed by atoms with Gasteiger partial charge in [0.15, 0.2) is 11.5 Å². The first kappa shape index (κ1) is 20.4. The lowest BCUT2D eigenvalue weighted by Gasteiger charge is -2.26. The molecule has 0 aromatic heterocycles. The van der Waals surface area contributed by atoms with Crippen LogP contribution in [0.25, 0.3) is 5.76 Å². The molecule has 152 valence electrons. The van der Waals surface area contributed by atoms with Crippen LogP contribution >= 0.6 is 0 Å². The number of rotatable bonds is 5. The summed E-state index contributed by atoms with van der Waals surface area (Å²) in [5.74, 6) is -1.87. The SMILES string of the molecule is COc1cc([C@H]2C(=C(O)c3ccc(C)cc3)C(=O)C(=O)N2C[C@H](C)O)ccc1O. The van der Waals surface area contributed by atoms with Crippen molar-refractivity contribution in [2.24, 2.45) is 0 Å². The number of hydrogen-bond donors (Lipinski definition) is 3. The van der Waals surface area contributed by atoms with Crippen molar-refractivity contribution in [2.75, 3.05) is 13.7 Å². The number of carbonyl (C=O) groups is 2. The number of phenols is 1. The average Bonchev–Trinajstić information content (AvgIpc) is 2.93. The molecule has 1 heterocycles. The quantitative estimate of drug-likeness (QED) is 0.407. The highest BCUT2D eigenvalue weighted by Gasteiger charge is 2.46. The van der Waals surface area contributed by atoms with Crippen molar-refractivity contribution in [3.63, 3.8) is 0 Å². The molecule has 0 saturated carbocycles. The standard InChI is InChI=1S/C22H23NO6/c1-12-4-6-14(7-5-12)20(26)18-19(15-8-9-16(25)17(10-15)29-3)23(11-13(2)24)22(28)21(18)27/h4-10,13,19,24-26H,11H2,1-3H3/t13-,19-/m0/s1. The number of ether oxygens (including phenoxy) is 1. The highest BCUT2D eigenvalue weighted by atomic mass is 16.5. The van der Waals surface area contributed by atoms with Crippen LogP contribution in [0.3, 0.4) is 0 Å². The van der Waals surface area contributed by atoms with Crippen LogP contribution in [-0.4, -0.2) is 51.7 Å². The van der Waals surface area contributed by atoms with Crippen LogP contribution in [0.4, 0.5) is 0 Å². The summed E-state index contributed by atoms with van der Waals surface area (Å²) >= 11 is 0. The molecule has 1 aliphatic heterocycles. The van der Waals surface area contributed by atoms with Gasteiger partial charge in [0.2, 0.25) is 0 Å². The largest absolute Gasteiger partial charge is 0.507 e. The van der Waals surface area contributed by atoms with Crippen molar-refractivity contribution in [1.29, 1.82) is 0 Å². The van der Waals surface area contributed by atoms with E-state index in [0.29, 0.717) is 11.1 Å². The summed E-state index contributed by atoms with van der Waals surface area (Å²) < 4.78 is 5.14. The molecule has 0 aliphatic carbocycles. The van der Waals surface area contributed by atoms with Crippen molar-refractivity contribution >= 4 is 17.4 Å². The van der Waals surface area contributed by atoms with Crippen LogP contribution in [-0.2, 0) is 9.59 Å². The number of aliphatic hydroxyl groups excluding tert-OH is 2. The zero-order chi connectivity index (χ0) is 21.3. The molecule has 1 aliphatic rings. The first-order valence-corrected chi connectivity index (χ1v) is 9.15. The molecule has 2 aromatic rings. The number of phenolic OH excluding ortho intramolecular Hbond substituents is 1. The van der Waals surface area contributed by atoms with Gasteiger partial charge in [-0.15, -0.1) is 0 Å². The highest BCUT2D eigenvalue weighted by Crippen LogP contribution is 2.41. The minimum atomic E-state index is -0.930. The number of aryl methyl sites for hydroxylation is 1. The molecule has 2 atom stereocenters. The number of hydrogen-bond acceptors (Lipinski definition) is 6. The summed E-state index contributed by atoms with van der Waals surface area (Å²) in [5.41, 5.74) is 1.78. The Bertz CT molecular complexity index is 977. The molecule has 29 heavy (non-hydrogen) atoms. The van der Waals surface area contributed by atoms with Crippen molar-refractivity contribution in [2.45, 2.75) is 26.0 Å². The minimum Gasteiger partial charge on any atom is -0.507 e. The van der Waals surface area contributed by atoms with E-state index in [1.165, 1.54) is 31.1 Å². The van der Waals surface area contributed by atoms with Crippen LogP contribution in [0.5, 0.6) is 11.5 Å². The van der Waals surface area contributed by atoms with Gasteiger partial charge < -0.3 is 25.0 Å². The van der Waals surface area contributed by atoms with Gasteiger partial charge in [-0.3, -0.25) is 9.59 Å². The molecule has 2 aromatic carbocycles. The number of carbonyl (C=O) groups excluding carboxylic acids is 2. The smallest absolute Gasteiger partial charge is 0.295 e. The average molecular weight is 397 g/mol. The number of β-amino-alcohol motifs (C(OH)–C–C–N with tert-alkyl or cyclic N) is 1. The number of aliphatic hydroxyl groups is 2. The number of aromatic hydroxyl groups is 1. The van der Waals surface area contributed by atoms with Crippen molar-refractivity contribution in [3.05, 3.63) is 64.7 Å². The number of Topliss-reactive ketones (excluding diaryl/α,β-unsaturated/α-hetero) is 1. The normalized spacial score (nSPS) is 19.4. The van der Waals surface area contributed by atoms with E-state index in [1.807, 2.05) is 6.92 Å². The number of ketones is 1. The van der Waals surface area contributed by atoms with E-state index < -0.39 is 23.8 Å². The molecule has 0 radical (unpaired) electrons. The van der Waals surface area contributed by atoms with Gasteiger partial charge in [-0.1, -0.05) is 35.9 Å². The van der Waals surface area contributed by atoms with E-state index in [4.69, 9.17) is 4.74 Å². The van der Waals surface area contributed by atoms with Crippen LogP contribution in [0.1, 0.15) is 29.7 Å². The first-order chi connectivity index (χ1) is 13.7. The lowest BCUT2D eigenvalue weighted by Crippen LogP contribution is -2.35. The second kappa shape index (κ2) is 7.97. The Morgan fingerprint density at radius 3 is 2.41 bits per heavy atom. The summed E-state index contributed by atoms with van der Waals surface area (Å²) in [6, 6.07) is 10.4. The van der Waals surface area contributed by atoms with Crippen molar-refractivity contribution < 1.29 is 29.6 Å². The topological polar surface area (TPSA) is 107 Å². The summed E-state index contributed by atoms with van der Waals surface area (Å²) in [5, 5.41) is 30.6. The lowest BCUT2D eigenvalue weighted by molar-refractivity contribution is -0.140. The Balaban J connectivity index is 2.21. The number of nitrogens with zero attached hydrogens (tertiary/aromatic N) is 1. The van der Waals surface area contributed by atoms with Crippen LogP contribution < -0.4 is 4.74 Å². The number of methoxy groups -OCH3 is 1. The molecule has 3 rings (SSSR count). The molecule has 1 amide bonds. The summed E-state index contributed by atoms with van der Waals surface area (Å²) in [4.78, 5) is 26.7. The molecule has 0 unspecified atom stereocenters. The van der Waals surface area contributed by atoms with Crippen LogP contribution in [0.15, 0.2) is 48.0 Å². The van der Waals surface area contributed by atoms with E-state index in [-0.39, 0.29) is 29.4 Å². The highest BCUT2D eigenvalue weighted by molar-refractivity contribution is 6.46. The molecule has 0 bridgehead atoms. The number of likely N-dealkylation sites (tertiary alicyclic amines) is 1. The van der Waals surface area contributed by atoms with Gasteiger partial charge in [0.1, 0.15) is 5.76 Å². The molecule has 1 saturated heterocycles. The van der Waals surface area contributed by atoms with Gasteiger partial charge in [0.05, 0.1) is 24.8 Å². The maximum Gasteiger partial charge on any atom is 0.295 e. The summed E-state index contributed by atoms with van der Waals surface area (Å²) in [7, 11) is 1.39. The fourth-order valence-corrected chi connectivity index (χ4v) is 3.43. The first-order valence-electron chi connectivity index (χ1n) is 9.15. The fraction of sp³-hybridized carbons (Fsp3) is 0.273. The Kier molecular flexibility index (Phi) is 5.61. The Morgan fingerprint density at radius 1 is 1.17 bits per heavy atom. The molecule has 1 fully saturated rings. The van der Waals surface area contributed by atoms with Gasteiger partial charge in [-0.2, -0.15) is 0 Å². The number of amides is 1. The monoisotopic (exact) mass is 397 g/mol. The van der Waals surface area contributed by atoms with E-state index in [2.05, 4.69) is 0 Å². The molecule has 7 nitrogen and oxygen atoms in total. The summed E-state index contributed by atoms with van der Waals surface area (Å²) in [6.45, 7) is 3.31. The van der Waals surface area contributed by atoms with Gasteiger partial charge in [-0.25, -0.2) is 0 Å². The molecular formula is C22H23NO6. The lowest BCUT2D eigenvalue weighted by atomic mass is 9.94. The molecule has 7 heteroatoms. The number of benzene rings is 2. The summed E-state index contributed by atoms with van der Waals surface area (Å²) in [6.07, 6.45) is -0.880. The van der Waals surface area contributed by atoms with Crippen molar-refractivity contribution in [1.82, 2.24) is 4.90 Å². The molecular weight excluding hydrogens is 374 g/mol. The Morgan fingerprint density at radius 2 is 1.83 bits per heavy atom. The molecule has 3 N–H and O–H groups in total. The predicted molar refractivity (Wildman–Crippen MR) is 107 cm³/mol. The van der Waals surface area contributed by atoms with Crippen molar-refractivity contribution in [3.8, 4) is 11.5 Å². The van der Waals surface area contributed by atoms with Gasteiger partial charge in [0, 0.05) is 12.1 Å². The fourth-order valence-electron chi connectivity index (χ4n) is 3.43. The van der Waals surface area contributed by atoms with Crippen LogP contribution in [0, 0.1) is 6.92 Å². The van der Waals surface area contributed by atoms with Gasteiger partial charge in [0.25, 0.3) is 11.7 Å². The van der Waals surface area contributed by atoms with E-state index in [9.17, 15) is 24.9 Å². The second-order valence-electron chi connectivity index (χ2n) is 7.10. The van der Waals surface area contributed by atoms with Gasteiger partial charge >= 0.3 is 0 Å². The van der Waals surface area contributed by atoms with E-state index in [1.54, 1.807) is 30.3 Å². The second-order valence-corrected chi connectivity index (χ2v) is 7.10. The Hall–Kier alpha value is -3.32. The van der Waals surface area contributed by atoms with Gasteiger partial charge in [-0.05, 0) is 31.5 Å². The van der Waals surface area contributed by atoms with E-state index in [0.717, 1.165) is 5.56 Å². The zero-order valence-corrected chi connectivity index (χ0v) is 16.4. The third kappa shape index (κ3) is 3.82. The predicted octanol–water partition coefficient (Wildman–Crippen LogP) is 2.51. The zero-order valence-electron chi connectivity index (χ0n) is 16.4. The van der Waals surface area contributed by atoms with E-state index >= 15 is 0 Å². The third-order valence-corrected chi connectivity index (χ3v) is 4.85. The third-order valence-electron chi connectivity index (χ3n) is 4.85. The van der Waals surface area contributed by atoms with Crippen LogP contribution in [0.2, 0.25) is 0 Å². The molecule has 0 spiro atoms. The maximum absolute atomic E-state index is 12.8. The maximum atomic E-state index is 12.8. The Labute approximate surface area is 168 Å².